The molecule has 0 amide bonds. The second-order valence-electron chi connectivity index (χ2n) is 7.29. The third-order valence-corrected chi connectivity index (χ3v) is 4.67. The van der Waals surface area contributed by atoms with Crippen LogP contribution < -0.4 is 0 Å². The molecule has 1 heterocycles. The van der Waals surface area contributed by atoms with E-state index in [-0.39, 0.29) is 0 Å². The molecule has 0 aliphatic carbocycles. The molecule has 0 saturated heterocycles. The number of nitrogens with zero attached hydrogens (tertiary/aromatic N) is 1. The molecular formula is C25H38N2O2. The summed E-state index contributed by atoms with van der Waals surface area (Å²) in [5.74, 6) is -0.671. The van der Waals surface area contributed by atoms with Gasteiger partial charge >= 0.3 is 5.97 Å². The number of aromatic nitrogens is 2. The lowest BCUT2D eigenvalue weighted by Gasteiger charge is -1.98. The summed E-state index contributed by atoms with van der Waals surface area (Å²) in [6.07, 6.45) is 24.0. The third kappa shape index (κ3) is 14.3. The summed E-state index contributed by atoms with van der Waals surface area (Å²) in [5.41, 5.74) is 2.12. The number of benzene rings is 1. The Morgan fingerprint density at radius 3 is 2.28 bits per heavy atom. The zero-order valence-electron chi connectivity index (χ0n) is 18.0. The monoisotopic (exact) mass is 398 g/mol. The molecule has 0 radical (unpaired) electrons. The highest BCUT2D eigenvalue weighted by Crippen LogP contribution is 2.08. The first kappa shape index (κ1) is 24.7. The molecule has 4 nitrogen and oxygen atoms in total. The van der Waals surface area contributed by atoms with Crippen LogP contribution in [0.3, 0.4) is 0 Å². The highest BCUT2D eigenvalue weighted by Gasteiger charge is 1.95. The van der Waals surface area contributed by atoms with Crippen molar-refractivity contribution in [1.29, 1.82) is 0 Å². The fourth-order valence-electron chi connectivity index (χ4n) is 2.97. The molecule has 0 unspecified atom stereocenters. The van der Waals surface area contributed by atoms with Gasteiger partial charge in [0, 0.05) is 6.42 Å². The number of hydrogen-bond acceptors (Lipinski definition) is 2. The molecule has 2 rings (SSSR count). The first-order valence-corrected chi connectivity index (χ1v) is 11.1. The number of hydrogen-bond donors (Lipinski definition) is 2. The van der Waals surface area contributed by atoms with Crippen molar-refractivity contribution < 1.29 is 9.90 Å². The average molecular weight is 399 g/mol. The number of nitrogens with one attached hydrogen (secondary N) is 1. The molecule has 29 heavy (non-hydrogen) atoms. The molecule has 2 N–H and O–H groups in total. The fraction of sp³-hybridized carbons (Fsp3) is 0.520. The number of rotatable bonds is 14. The number of carbonyl (C=O) groups is 1. The van der Waals surface area contributed by atoms with Gasteiger partial charge in [-0.1, -0.05) is 75.5 Å². The van der Waals surface area contributed by atoms with Gasteiger partial charge < -0.3 is 10.1 Å². The molecule has 0 aliphatic rings. The molecule has 0 fully saturated rings. The van der Waals surface area contributed by atoms with Gasteiger partial charge in [0.25, 0.3) is 0 Å². The molecule has 1 aromatic carbocycles. The van der Waals surface area contributed by atoms with Crippen LogP contribution in [0.25, 0.3) is 11.0 Å². The van der Waals surface area contributed by atoms with E-state index in [4.69, 9.17) is 5.11 Å². The quantitative estimate of drug-likeness (QED) is 0.256. The van der Waals surface area contributed by atoms with Crippen LogP contribution in [-0.2, 0) is 4.79 Å². The van der Waals surface area contributed by atoms with E-state index in [0.717, 1.165) is 36.7 Å². The van der Waals surface area contributed by atoms with Gasteiger partial charge in [-0.25, -0.2) is 4.98 Å². The van der Waals surface area contributed by atoms with Crippen LogP contribution in [0.5, 0.6) is 0 Å². The number of fused-ring (bicyclic) bond motifs is 1. The van der Waals surface area contributed by atoms with Crippen LogP contribution in [0.2, 0.25) is 0 Å². The molecule has 0 spiro atoms. The van der Waals surface area contributed by atoms with E-state index >= 15 is 0 Å². The molecule has 0 bridgehead atoms. The van der Waals surface area contributed by atoms with Crippen molar-refractivity contribution in [1.82, 2.24) is 9.97 Å². The van der Waals surface area contributed by atoms with Gasteiger partial charge in [-0.3, -0.25) is 4.79 Å². The summed E-state index contributed by atoms with van der Waals surface area (Å²) < 4.78 is 0. The lowest BCUT2D eigenvalue weighted by Crippen LogP contribution is -1.93. The van der Waals surface area contributed by atoms with E-state index in [9.17, 15) is 4.79 Å². The summed E-state index contributed by atoms with van der Waals surface area (Å²) in [6.45, 7) is 2.23. The van der Waals surface area contributed by atoms with E-state index in [1.54, 1.807) is 6.33 Å². The Morgan fingerprint density at radius 1 is 0.931 bits per heavy atom. The predicted molar refractivity (Wildman–Crippen MR) is 123 cm³/mol. The molecule has 0 saturated carbocycles. The predicted octanol–water partition coefficient (Wildman–Crippen LogP) is 7.45. The van der Waals surface area contributed by atoms with E-state index in [1.165, 1.54) is 44.9 Å². The van der Waals surface area contributed by atoms with Crippen molar-refractivity contribution in [2.24, 2.45) is 0 Å². The molecule has 0 aliphatic heterocycles. The summed E-state index contributed by atoms with van der Waals surface area (Å²) in [6, 6.07) is 7.94. The van der Waals surface area contributed by atoms with Gasteiger partial charge in [0.1, 0.15) is 0 Å². The highest BCUT2D eigenvalue weighted by molar-refractivity contribution is 5.73. The number of aromatic amines is 1. The Balaban J connectivity index is 0.000000379. The van der Waals surface area contributed by atoms with Crippen LogP contribution >= 0.6 is 0 Å². The molecule has 4 heteroatoms. The van der Waals surface area contributed by atoms with Crippen LogP contribution in [-0.4, -0.2) is 21.0 Å². The Labute approximate surface area is 176 Å². The summed E-state index contributed by atoms with van der Waals surface area (Å²) in [5, 5.41) is 8.50. The largest absolute Gasteiger partial charge is 0.481 e. The van der Waals surface area contributed by atoms with Crippen LogP contribution in [0.15, 0.2) is 54.9 Å². The van der Waals surface area contributed by atoms with Crippen LogP contribution in [0.4, 0.5) is 0 Å². The van der Waals surface area contributed by atoms with Gasteiger partial charge in [0.2, 0.25) is 0 Å². The van der Waals surface area contributed by atoms with Crippen molar-refractivity contribution in [3.8, 4) is 0 Å². The third-order valence-electron chi connectivity index (χ3n) is 4.67. The smallest absolute Gasteiger partial charge is 0.303 e. The molecule has 0 atom stereocenters. The first-order valence-electron chi connectivity index (χ1n) is 11.1. The maximum Gasteiger partial charge on any atom is 0.303 e. The maximum atomic E-state index is 10.3. The SMILES string of the molecule is CCCCC/C=C\C/C=C\CCCCCCCC(=O)O.c1ccc2[nH]cnc2c1. The molecular weight excluding hydrogens is 360 g/mol. The standard InChI is InChI=1S/C18H32O2.C7H6N2/c1-2-3-4-5-6-7-8-9-10-11-12-13-14-15-16-17-18(19)20;1-2-4-7-6(3-1)8-5-9-7/h6-7,9-10H,2-5,8,11-17H2,1H3,(H,19,20);1-5H,(H,8,9)/b7-6-,10-9-;. The van der Waals surface area contributed by atoms with Gasteiger partial charge in [-0.2, -0.15) is 0 Å². The highest BCUT2D eigenvalue weighted by atomic mass is 16.4. The molecule has 160 valence electrons. The minimum absolute atomic E-state index is 0.324. The number of unbranched alkanes of at least 4 members (excludes halogenated alkanes) is 8. The number of para-hydroxylation sites is 2. The van der Waals surface area contributed by atoms with Gasteiger partial charge in [-0.05, 0) is 50.7 Å². The fourth-order valence-corrected chi connectivity index (χ4v) is 2.97. The second kappa shape index (κ2) is 17.7. The molecule has 2 aromatic rings. The second-order valence-corrected chi connectivity index (χ2v) is 7.29. The minimum Gasteiger partial charge on any atom is -0.481 e. The zero-order valence-corrected chi connectivity index (χ0v) is 18.0. The normalized spacial score (nSPS) is 11.2. The summed E-state index contributed by atoms with van der Waals surface area (Å²) in [7, 11) is 0. The number of imidazole rings is 1. The summed E-state index contributed by atoms with van der Waals surface area (Å²) in [4.78, 5) is 17.4. The Kier molecular flexibility index (Phi) is 15.1. The molecule has 1 aromatic heterocycles. The lowest BCUT2D eigenvalue weighted by molar-refractivity contribution is -0.137. The van der Waals surface area contributed by atoms with Crippen molar-refractivity contribution in [2.45, 2.75) is 84.0 Å². The van der Waals surface area contributed by atoms with Crippen LogP contribution in [0, 0.1) is 0 Å². The maximum absolute atomic E-state index is 10.3. The van der Waals surface area contributed by atoms with Gasteiger partial charge in [0.15, 0.2) is 0 Å². The van der Waals surface area contributed by atoms with E-state index in [1.807, 2.05) is 24.3 Å². The van der Waals surface area contributed by atoms with E-state index in [2.05, 4.69) is 41.2 Å². The number of H-pyrrole nitrogens is 1. The van der Waals surface area contributed by atoms with Crippen molar-refractivity contribution >= 4 is 17.0 Å². The van der Waals surface area contributed by atoms with Crippen molar-refractivity contribution in [3.05, 3.63) is 54.9 Å². The number of aliphatic carboxylic acids is 1. The Morgan fingerprint density at radius 2 is 1.59 bits per heavy atom. The Bertz CT molecular complexity index is 673. The van der Waals surface area contributed by atoms with Gasteiger partial charge in [-0.15, -0.1) is 0 Å². The van der Waals surface area contributed by atoms with Crippen molar-refractivity contribution in [2.75, 3.05) is 0 Å². The average Bonchev–Trinajstić information content (AvgIpc) is 3.20. The zero-order chi connectivity index (χ0) is 21.0. The number of carboxylic acid groups (broad SMARTS) is 1. The van der Waals surface area contributed by atoms with Crippen molar-refractivity contribution in [3.63, 3.8) is 0 Å². The number of carboxylic acids is 1. The van der Waals surface area contributed by atoms with E-state index in [0.29, 0.717) is 6.42 Å². The Hall–Kier alpha value is -2.36. The number of allylic oxidation sites excluding steroid dienone is 4. The summed E-state index contributed by atoms with van der Waals surface area (Å²) >= 11 is 0. The topological polar surface area (TPSA) is 66.0 Å². The van der Waals surface area contributed by atoms with E-state index < -0.39 is 5.97 Å². The van der Waals surface area contributed by atoms with Gasteiger partial charge in [0.05, 0.1) is 17.4 Å². The van der Waals surface area contributed by atoms with Crippen LogP contribution in [0.1, 0.15) is 84.0 Å². The lowest BCUT2D eigenvalue weighted by atomic mass is 10.1. The minimum atomic E-state index is -0.671. The first-order chi connectivity index (χ1) is 14.2.